The van der Waals surface area contributed by atoms with Gasteiger partial charge in [-0.15, -0.1) is 0 Å². The molecule has 0 spiro atoms. The minimum atomic E-state index is 0.189. The van der Waals surface area contributed by atoms with Crippen LogP contribution >= 0.6 is 0 Å². The zero-order valence-electron chi connectivity index (χ0n) is 11.3. The van der Waals surface area contributed by atoms with Crippen LogP contribution in [0.4, 0.5) is 0 Å². The van der Waals surface area contributed by atoms with Crippen molar-refractivity contribution in [2.24, 2.45) is 0 Å². The highest BCUT2D eigenvalue weighted by atomic mass is 16.5. The number of hydrogen-bond donors (Lipinski definition) is 1. The first-order valence-corrected chi connectivity index (χ1v) is 6.78. The quantitative estimate of drug-likeness (QED) is 0.847. The highest BCUT2D eigenvalue weighted by Crippen LogP contribution is 2.38. The molecular formula is C15H22N2O. The number of nitrogens with zero attached hydrogens (tertiary/aromatic N) is 1. The first-order valence-electron chi connectivity index (χ1n) is 6.78. The van der Waals surface area contributed by atoms with Crippen LogP contribution in [0, 0.1) is 6.92 Å². The Hall–Kier alpha value is -0.900. The van der Waals surface area contributed by atoms with Gasteiger partial charge in [-0.2, -0.15) is 0 Å². The fourth-order valence-electron chi connectivity index (χ4n) is 3.25. The van der Waals surface area contributed by atoms with Gasteiger partial charge in [0.25, 0.3) is 0 Å². The van der Waals surface area contributed by atoms with E-state index in [1.807, 2.05) is 0 Å². The van der Waals surface area contributed by atoms with E-state index in [9.17, 15) is 0 Å². The number of likely N-dealkylation sites (N-methyl/N-ethyl adjacent to an activating group) is 1. The van der Waals surface area contributed by atoms with Gasteiger partial charge in [0, 0.05) is 25.7 Å². The molecule has 1 N–H and O–H groups in total. The summed E-state index contributed by atoms with van der Waals surface area (Å²) in [6.45, 7) is 7.16. The summed E-state index contributed by atoms with van der Waals surface area (Å²) >= 11 is 0. The smallest absolute Gasteiger partial charge is 0.0601 e. The highest BCUT2D eigenvalue weighted by Gasteiger charge is 2.49. The van der Waals surface area contributed by atoms with Crippen LogP contribution in [-0.4, -0.2) is 50.8 Å². The van der Waals surface area contributed by atoms with Crippen LogP contribution < -0.4 is 5.32 Å². The van der Waals surface area contributed by atoms with Crippen molar-refractivity contribution in [1.82, 2.24) is 10.2 Å². The number of benzene rings is 1. The maximum absolute atomic E-state index is 5.58. The summed E-state index contributed by atoms with van der Waals surface area (Å²) < 4.78 is 5.58. The zero-order valence-corrected chi connectivity index (χ0v) is 11.3. The molecule has 0 saturated carbocycles. The molecule has 2 heterocycles. The molecule has 2 aliphatic heterocycles. The number of piperazine rings is 1. The predicted molar refractivity (Wildman–Crippen MR) is 73.0 cm³/mol. The van der Waals surface area contributed by atoms with Crippen molar-refractivity contribution in [3.63, 3.8) is 0 Å². The molecule has 0 bridgehead atoms. The largest absolute Gasteiger partial charge is 0.379 e. The van der Waals surface area contributed by atoms with Crippen LogP contribution in [-0.2, 0) is 10.2 Å². The molecule has 3 nitrogen and oxygen atoms in total. The molecule has 0 aromatic heterocycles. The first kappa shape index (κ1) is 12.2. The van der Waals surface area contributed by atoms with Crippen molar-refractivity contribution in [3.8, 4) is 0 Å². The van der Waals surface area contributed by atoms with Crippen molar-refractivity contribution in [2.45, 2.75) is 18.4 Å². The van der Waals surface area contributed by atoms with Crippen LogP contribution in [0.15, 0.2) is 24.3 Å². The molecule has 3 heteroatoms. The number of hydrogen-bond acceptors (Lipinski definition) is 3. The van der Waals surface area contributed by atoms with E-state index in [4.69, 9.17) is 4.74 Å². The summed E-state index contributed by atoms with van der Waals surface area (Å²) in [6, 6.07) is 9.46. The molecule has 18 heavy (non-hydrogen) atoms. The minimum Gasteiger partial charge on any atom is -0.379 e. The van der Waals surface area contributed by atoms with Crippen LogP contribution in [0.3, 0.4) is 0 Å². The Balaban J connectivity index is 1.94. The molecule has 2 fully saturated rings. The van der Waals surface area contributed by atoms with E-state index in [2.05, 4.69) is 48.5 Å². The average molecular weight is 246 g/mol. The molecular weight excluding hydrogens is 224 g/mol. The molecule has 1 aromatic carbocycles. The van der Waals surface area contributed by atoms with Gasteiger partial charge in [0.15, 0.2) is 0 Å². The Morgan fingerprint density at radius 2 is 2.22 bits per heavy atom. The third-order valence-corrected chi connectivity index (χ3v) is 4.46. The lowest BCUT2D eigenvalue weighted by Crippen LogP contribution is -2.66. The van der Waals surface area contributed by atoms with Crippen LogP contribution in [0.5, 0.6) is 0 Å². The van der Waals surface area contributed by atoms with Gasteiger partial charge in [-0.1, -0.05) is 29.8 Å². The Morgan fingerprint density at radius 1 is 1.39 bits per heavy atom. The summed E-state index contributed by atoms with van der Waals surface area (Å²) in [5.41, 5.74) is 2.97. The number of aryl methyl sites for hydroxylation is 1. The maximum Gasteiger partial charge on any atom is 0.0601 e. The Morgan fingerprint density at radius 3 is 2.83 bits per heavy atom. The molecule has 0 radical (unpaired) electrons. The summed E-state index contributed by atoms with van der Waals surface area (Å²) in [6.07, 6.45) is 0. The van der Waals surface area contributed by atoms with Gasteiger partial charge < -0.3 is 10.1 Å². The second-order valence-electron chi connectivity index (χ2n) is 5.72. The van der Waals surface area contributed by atoms with Gasteiger partial charge in [-0.3, -0.25) is 4.90 Å². The van der Waals surface area contributed by atoms with Crippen LogP contribution in [0.25, 0.3) is 0 Å². The van der Waals surface area contributed by atoms with Gasteiger partial charge in [0.05, 0.1) is 18.6 Å². The highest BCUT2D eigenvalue weighted by molar-refractivity contribution is 5.34. The van der Waals surface area contributed by atoms with E-state index in [1.165, 1.54) is 11.1 Å². The third kappa shape index (κ3) is 1.87. The molecule has 98 valence electrons. The van der Waals surface area contributed by atoms with Crippen molar-refractivity contribution >= 4 is 0 Å². The first-order chi connectivity index (χ1) is 8.72. The topological polar surface area (TPSA) is 24.5 Å². The van der Waals surface area contributed by atoms with Gasteiger partial charge in [0.1, 0.15) is 0 Å². The fraction of sp³-hybridized carbons (Fsp3) is 0.600. The predicted octanol–water partition coefficient (Wildman–Crippen LogP) is 1.17. The molecule has 0 amide bonds. The number of nitrogens with one attached hydrogen (secondary N) is 1. The summed E-state index contributed by atoms with van der Waals surface area (Å²) in [5, 5.41) is 3.53. The minimum absolute atomic E-state index is 0.189. The van der Waals surface area contributed by atoms with Crippen molar-refractivity contribution < 1.29 is 4.74 Å². The lowest BCUT2D eigenvalue weighted by atomic mass is 9.71. The lowest BCUT2D eigenvalue weighted by molar-refractivity contribution is -0.103. The number of rotatable bonds is 2. The Kier molecular flexibility index (Phi) is 3.14. The van der Waals surface area contributed by atoms with E-state index in [-0.39, 0.29) is 5.41 Å². The van der Waals surface area contributed by atoms with Crippen LogP contribution in [0.2, 0.25) is 0 Å². The Labute approximate surface area is 109 Å². The molecule has 1 atom stereocenters. The van der Waals surface area contributed by atoms with Gasteiger partial charge in [-0.25, -0.2) is 0 Å². The molecule has 2 saturated heterocycles. The zero-order chi connectivity index (χ0) is 12.6. The van der Waals surface area contributed by atoms with E-state index in [0.29, 0.717) is 6.04 Å². The Bertz CT molecular complexity index is 428. The van der Waals surface area contributed by atoms with E-state index in [0.717, 1.165) is 32.8 Å². The summed E-state index contributed by atoms with van der Waals surface area (Å²) in [5.74, 6) is 0. The van der Waals surface area contributed by atoms with E-state index in [1.54, 1.807) is 0 Å². The van der Waals surface area contributed by atoms with Crippen molar-refractivity contribution in [2.75, 3.05) is 39.9 Å². The maximum atomic E-state index is 5.58. The second kappa shape index (κ2) is 4.65. The van der Waals surface area contributed by atoms with Crippen LogP contribution in [0.1, 0.15) is 11.1 Å². The third-order valence-electron chi connectivity index (χ3n) is 4.46. The lowest BCUT2D eigenvalue weighted by Gasteiger charge is -2.52. The van der Waals surface area contributed by atoms with Gasteiger partial charge in [0.2, 0.25) is 0 Å². The van der Waals surface area contributed by atoms with Crippen molar-refractivity contribution in [3.05, 3.63) is 35.4 Å². The molecule has 1 aromatic rings. The average Bonchev–Trinajstić information content (AvgIpc) is 2.30. The fourth-order valence-corrected chi connectivity index (χ4v) is 3.25. The normalized spacial score (nSPS) is 27.8. The second-order valence-corrected chi connectivity index (χ2v) is 5.72. The number of ether oxygens (including phenoxy) is 1. The van der Waals surface area contributed by atoms with E-state index >= 15 is 0 Å². The van der Waals surface area contributed by atoms with Gasteiger partial charge in [-0.05, 0) is 19.5 Å². The summed E-state index contributed by atoms with van der Waals surface area (Å²) in [4.78, 5) is 2.49. The SMILES string of the molecule is Cc1cccc(C2(C3CNCCN3C)COC2)c1. The van der Waals surface area contributed by atoms with E-state index < -0.39 is 0 Å². The van der Waals surface area contributed by atoms with Crippen molar-refractivity contribution in [1.29, 1.82) is 0 Å². The summed E-state index contributed by atoms with van der Waals surface area (Å²) in [7, 11) is 2.24. The molecule has 0 aliphatic carbocycles. The molecule has 3 rings (SSSR count). The molecule has 1 unspecified atom stereocenters. The standard InChI is InChI=1S/C15H22N2O/c1-12-4-3-5-13(8-12)15(10-18-11-15)14-9-16-6-7-17(14)2/h3-5,8,14,16H,6-7,9-11H2,1-2H3. The molecule has 2 aliphatic rings. The van der Waals surface area contributed by atoms with Gasteiger partial charge >= 0.3 is 0 Å². The monoisotopic (exact) mass is 246 g/mol.